The summed E-state index contributed by atoms with van der Waals surface area (Å²) in [5, 5.41) is 14.8. The van der Waals surface area contributed by atoms with E-state index in [-0.39, 0.29) is 18.9 Å². The Hall–Kier alpha value is -2.44. The van der Waals surface area contributed by atoms with Crippen LogP contribution in [0.25, 0.3) is 10.8 Å². The summed E-state index contributed by atoms with van der Waals surface area (Å²) in [7, 11) is 0. The van der Waals surface area contributed by atoms with Crippen molar-refractivity contribution in [2.75, 3.05) is 0 Å². The first-order chi connectivity index (χ1) is 11.7. The number of nitrogens with zero attached hydrogens (tertiary/aromatic N) is 1. The van der Waals surface area contributed by atoms with E-state index in [0.717, 1.165) is 33.3 Å². The van der Waals surface area contributed by atoms with Gasteiger partial charge in [0.1, 0.15) is 5.76 Å². The van der Waals surface area contributed by atoms with Crippen LogP contribution in [0.1, 0.15) is 22.6 Å². The van der Waals surface area contributed by atoms with Crippen molar-refractivity contribution < 1.29 is 14.3 Å². The molecule has 2 aromatic heterocycles. The van der Waals surface area contributed by atoms with Crippen LogP contribution in [0.3, 0.4) is 0 Å². The van der Waals surface area contributed by atoms with Crippen molar-refractivity contribution in [2.45, 2.75) is 26.5 Å². The molecule has 0 aliphatic heterocycles. The van der Waals surface area contributed by atoms with Crippen LogP contribution in [-0.4, -0.2) is 16.0 Å². The zero-order valence-electron chi connectivity index (χ0n) is 13.3. The van der Waals surface area contributed by atoms with Gasteiger partial charge in [-0.3, -0.25) is 4.79 Å². The molecule has 0 saturated carbocycles. The molecule has 0 bridgehead atoms. The molecule has 24 heavy (non-hydrogen) atoms. The molecule has 3 aromatic rings. The summed E-state index contributed by atoms with van der Waals surface area (Å²) < 4.78 is 5.54. The zero-order valence-corrected chi connectivity index (χ0v) is 14.1. The fourth-order valence-electron chi connectivity index (χ4n) is 2.36. The van der Waals surface area contributed by atoms with E-state index in [1.54, 1.807) is 0 Å². The second-order valence-corrected chi connectivity index (χ2v) is 6.29. The lowest BCUT2D eigenvalue weighted by Gasteiger charge is -2.08. The summed E-state index contributed by atoms with van der Waals surface area (Å²) in [6.45, 7) is 2.24. The number of thiazole rings is 1. The van der Waals surface area contributed by atoms with Crippen molar-refractivity contribution in [2.24, 2.45) is 0 Å². The van der Waals surface area contributed by atoms with E-state index in [2.05, 4.69) is 10.3 Å². The van der Waals surface area contributed by atoms with Crippen molar-refractivity contribution in [1.29, 1.82) is 0 Å². The SMILES string of the molecule is Cc1ccc(-c2nc(CC(=O)NCc3ccccc3CO)cs2)o1. The van der Waals surface area contributed by atoms with E-state index < -0.39 is 0 Å². The molecule has 2 N–H and O–H groups in total. The average molecular weight is 342 g/mol. The lowest BCUT2D eigenvalue weighted by Crippen LogP contribution is -2.25. The quantitative estimate of drug-likeness (QED) is 0.722. The van der Waals surface area contributed by atoms with Crippen LogP contribution in [0.5, 0.6) is 0 Å². The lowest BCUT2D eigenvalue weighted by molar-refractivity contribution is -0.120. The third-order valence-corrected chi connectivity index (χ3v) is 4.51. The molecule has 0 radical (unpaired) electrons. The molecule has 0 saturated heterocycles. The van der Waals surface area contributed by atoms with Gasteiger partial charge in [-0.05, 0) is 30.2 Å². The van der Waals surface area contributed by atoms with Crippen LogP contribution in [-0.2, 0) is 24.4 Å². The molecule has 0 unspecified atom stereocenters. The van der Waals surface area contributed by atoms with Gasteiger partial charge in [0.2, 0.25) is 5.91 Å². The van der Waals surface area contributed by atoms with Gasteiger partial charge in [-0.15, -0.1) is 11.3 Å². The molecular weight excluding hydrogens is 324 g/mol. The molecule has 0 atom stereocenters. The number of aromatic nitrogens is 1. The fraction of sp³-hybridized carbons (Fsp3) is 0.222. The summed E-state index contributed by atoms with van der Waals surface area (Å²) in [6.07, 6.45) is 0.220. The summed E-state index contributed by atoms with van der Waals surface area (Å²) in [4.78, 5) is 16.5. The topological polar surface area (TPSA) is 75.4 Å². The van der Waals surface area contributed by atoms with Crippen LogP contribution in [0.2, 0.25) is 0 Å². The average Bonchev–Trinajstić information content (AvgIpc) is 3.22. The Kier molecular flexibility index (Phi) is 5.08. The second kappa shape index (κ2) is 7.42. The smallest absolute Gasteiger partial charge is 0.226 e. The van der Waals surface area contributed by atoms with E-state index in [0.29, 0.717) is 6.54 Å². The van der Waals surface area contributed by atoms with Gasteiger partial charge in [0, 0.05) is 11.9 Å². The van der Waals surface area contributed by atoms with Gasteiger partial charge in [0.25, 0.3) is 0 Å². The number of aliphatic hydroxyl groups is 1. The molecule has 6 heteroatoms. The van der Waals surface area contributed by atoms with E-state index in [9.17, 15) is 9.90 Å². The zero-order chi connectivity index (χ0) is 16.9. The molecule has 124 valence electrons. The number of amides is 1. The Morgan fingerprint density at radius 2 is 2.04 bits per heavy atom. The van der Waals surface area contributed by atoms with Gasteiger partial charge in [0.05, 0.1) is 18.7 Å². The maximum Gasteiger partial charge on any atom is 0.226 e. The van der Waals surface area contributed by atoms with Gasteiger partial charge in [-0.1, -0.05) is 24.3 Å². The Labute approximate surface area is 144 Å². The number of aryl methyl sites for hydroxylation is 1. The van der Waals surface area contributed by atoms with E-state index in [1.165, 1.54) is 11.3 Å². The fourth-order valence-corrected chi connectivity index (χ4v) is 3.14. The van der Waals surface area contributed by atoms with Gasteiger partial charge < -0.3 is 14.8 Å². The standard InChI is InChI=1S/C18H18N2O3S/c1-12-6-7-16(23-12)18-20-15(11-24-18)8-17(22)19-9-13-4-2-3-5-14(13)10-21/h2-7,11,21H,8-10H2,1H3,(H,19,22). The highest BCUT2D eigenvalue weighted by atomic mass is 32.1. The van der Waals surface area contributed by atoms with Gasteiger partial charge in [-0.25, -0.2) is 4.98 Å². The molecule has 0 fully saturated rings. The number of carbonyl (C=O) groups is 1. The molecule has 0 aliphatic carbocycles. The van der Waals surface area contributed by atoms with Crippen molar-refractivity contribution >= 4 is 17.2 Å². The molecule has 5 nitrogen and oxygen atoms in total. The van der Waals surface area contributed by atoms with E-state index in [1.807, 2.05) is 48.7 Å². The third kappa shape index (κ3) is 3.90. The maximum atomic E-state index is 12.1. The van der Waals surface area contributed by atoms with Crippen LogP contribution >= 0.6 is 11.3 Å². The number of nitrogens with one attached hydrogen (secondary N) is 1. The minimum Gasteiger partial charge on any atom is -0.459 e. The largest absolute Gasteiger partial charge is 0.459 e. The summed E-state index contributed by atoms with van der Waals surface area (Å²) in [5.74, 6) is 1.46. The van der Waals surface area contributed by atoms with Crippen LogP contribution in [0.15, 0.2) is 46.2 Å². The molecule has 3 rings (SSSR count). The molecular formula is C18H18N2O3S. The number of rotatable bonds is 6. The number of benzene rings is 1. The number of carbonyl (C=O) groups excluding carboxylic acids is 1. The molecule has 0 spiro atoms. The summed E-state index contributed by atoms with van der Waals surface area (Å²) in [6, 6.07) is 11.3. The first-order valence-corrected chi connectivity index (χ1v) is 8.49. The number of aliphatic hydroxyl groups excluding tert-OH is 1. The number of hydrogen-bond donors (Lipinski definition) is 2. The Bertz CT molecular complexity index is 838. The summed E-state index contributed by atoms with van der Waals surface area (Å²) in [5.41, 5.74) is 2.46. The Morgan fingerprint density at radius 1 is 1.25 bits per heavy atom. The first kappa shape index (κ1) is 16.4. The minimum atomic E-state index is -0.102. The number of furan rings is 1. The first-order valence-electron chi connectivity index (χ1n) is 7.61. The monoisotopic (exact) mass is 342 g/mol. The van der Waals surface area contributed by atoms with Gasteiger partial charge in [-0.2, -0.15) is 0 Å². The highest BCUT2D eigenvalue weighted by molar-refractivity contribution is 7.13. The highest BCUT2D eigenvalue weighted by Gasteiger charge is 2.11. The predicted octanol–water partition coefficient (Wildman–Crippen LogP) is 3.06. The van der Waals surface area contributed by atoms with Crippen molar-refractivity contribution in [3.8, 4) is 10.8 Å². The highest BCUT2D eigenvalue weighted by Crippen LogP contribution is 2.25. The van der Waals surface area contributed by atoms with E-state index >= 15 is 0 Å². The predicted molar refractivity (Wildman–Crippen MR) is 92.5 cm³/mol. The lowest BCUT2D eigenvalue weighted by atomic mass is 10.1. The normalized spacial score (nSPS) is 10.8. The second-order valence-electron chi connectivity index (χ2n) is 5.43. The molecule has 1 amide bonds. The maximum absolute atomic E-state index is 12.1. The molecule has 2 heterocycles. The molecule has 0 aliphatic rings. The minimum absolute atomic E-state index is 0.0376. The van der Waals surface area contributed by atoms with Crippen LogP contribution in [0, 0.1) is 6.92 Å². The third-order valence-electron chi connectivity index (χ3n) is 3.61. The number of hydrogen-bond acceptors (Lipinski definition) is 5. The van der Waals surface area contributed by atoms with Crippen LogP contribution in [0.4, 0.5) is 0 Å². The summed E-state index contributed by atoms with van der Waals surface area (Å²) >= 11 is 1.46. The van der Waals surface area contributed by atoms with E-state index in [4.69, 9.17) is 4.42 Å². The van der Waals surface area contributed by atoms with Gasteiger partial charge in [0.15, 0.2) is 10.8 Å². The van der Waals surface area contributed by atoms with Crippen molar-refractivity contribution in [3.05, 3.63) is 64.4 Å². The molecule has 1 aromatic carbocycles. The Balaban J connectivity index is 1.58. The van der Waals surface area contributed by atoms with Gasteiger partial charge >= 0.3 is 0 Å². The van der Waals surface area contributed by atoms with Crippen LogP contribution < -0.4 is 5.32 Å². The Morgan fingerprint density at radius 3 is 2.75 bits per heavy atom. The van der Waals surface area contributed by atoms with Crippen molar-refractivity contribution in [3.63, 3.8) is 0 Å². The van der Waals surface area contributed by atoms with Crippen molar-refractivity contribution in [1.82, 2.24) is 10.3 Å².